The SMILES string of the molecule is C.C.Cc1ccc(CC2CCC(C3CCC(C)CC3)CC2)c(F)c1F. The number of rotatable bonds is 3. The van der Waals surface area contributed by atoms with Crippen molar-refractivity contribution in [3.05, 3.63) is 34.9 Å². The second-order valence-corrected chi connectivity index (χ2v) is 8.17. The third kappa shape index (κ3) is 5.28. The zero-order chi connectivity index (χ0) is 16.4. The Morgan fingerprint density at radius 2 is 1.32 bits per heavy atom. The molecule has 0 nitrogen and oxygen atoms in total. The molecule has 25 heavy (non-hydrogen) atoms. The maximum Gasteiger partial charge on any atom is 0.162 e. The molecular weight excluding hydrogens is 314 g/mol. The maximum absolute atomic E-state index is 14.0. The monoisotopic (exact) mass is 352 g/mol. The zero-order valence-corrected chi connectivity index (χ0v) is 14.6. The molecule has 3 rings (SSSR count). The van der Waals surface area contributed by atoms with E-state index >= 15 is 0 Å². The standard InChI is InChI=1S/C21H30F2.2CH4/c1-14-3-8-17(9-4-14)18-11-6-16(7-12-18)13-19-10-5-15(2)20(22)21(19)23;;/h5,10,14,16-18H,3-4,6-9,11-13H2,1-2H3;2*1H4. The molecule has 0 aliphatic heterocycles. The molecule has 0 bridgehead atoms. The highest BCUT2D eigenvalue weighted by molar-refractivity contribution is 5.25. The molecule has 0 atom stereocenters. The van der Waals surface area contributed by atoms with E-state index in [4.69, 9.17) is 0 Å². The third-order valence-corrected chi connectivity index (χ3v) is 6.48. The number of hydrogen-bond donors (Lipinski definition) is 0. The quantitative estimate of drug-likeness (QED) is 0.522. The van der Waals surface area contributed by atoms with Crippen molar-refractivity contribution in [3.8, 4) is 0 Å². The van der Waals surface area contributed by atoms with Gasteiger partial charge in [-0.1, -0.05) is 46.8 Å². The van der Waals surface area contributed by atoms with Crippen LogP contribution in [0, 0.1) is 42.2 Å². The van der Waals surface area contributed by atoms with Crippen LogP contribution in [0.4, 0.5) is 8.78 Å². The molecule has 2 heteroatoms. The van der Waals surface area contributed by atoms with E-state index in [1.807, 2.05) is 0 Å². The van der Waals surface area contributed by atoms with Crippen LogP contribution >= 0.6 is 0 Å². The molecule has 0 unspecified atom stereocenters. The fraction of sp³-hybridized carbons (Fsp3) is 0.739. The molecule has 1 aromatic rings. The van der Waals surface area contributed by atoms with E-state index in [-0.39, 0.29) is 14.9 Å². The summed E-state index contributed by atoms with van der Waals surface area (Å²) in [5, 5.41) is 0. The van der Waals surface area contributed by atoms with E-state index in [0.717, 1.165) is 17.8 Å². The van der Waals surface area contributed by atoms with Crippen LogP contribution in [0.2, 0.25) is 0 Å². The number of aryl methyl sites for hydroxylation is 1. The minimum Gasteiger partial charge on any atom is -0.203 e. The van der Waals surface area contributed by atoms with Crippen LogP contribution in [0.25, 0.3) is 0 Å². The lowest BCUT2D eigenvalue weighted by Gasteiger charge is -2.37. The highest BCUT2D eigenvalue weighted by Crippen LogP contribution is 2.42. The summed E-state index contributed by atoms with van der Waals surface area (Å²) in [6.07, 6.45) is 11.3. The second kappa shape index (κ2) is 9.69. The van der Waals surface area contributed by atoms with Gasteiger partial charge in [0.1, 0.15) is 0 Å². The Labute approximate surface area is 154 Å². The van der Waals surface area contributed by atoms with Crippen LogP contribution in [0.15, 0.2) is 12.1 Å². The van der Waals surface area contributed by atoms with Crippen molar-refractivity contribution < 1.29 is 8.78 Å². The lowest BCUT2D eigenvalue weighted by molar-refractivity contribution is 0.150. The Hall–Kier alpha value is -0.920. The highest BCUT2D eigenvalue weighted by atomic mass is 19.2. The number of hydrogen-bond acceptors (Lipinski definition) is 0. The summed E-state index contributed by atoms with van der Waals surface area (Å²) in [6.45, 7) is 4.00. The van der Waals surface area contributed by atoms with Crippen molar-refractivity contribution in [2.45, 2.75) is 86.5 Å². The van der Waals surface area contributed by atoms with Crippen molar-refractivity contribution in [3.63, 3.8) is 0 Å². The van der Waals surface area contributed by atoms with Crippen molar-refractivity contribution in [2.75, 3.05) is 0 Å². The van der Waals surface area contributed by atoms with Gasteiger partial charge in [0.05, 0.1) is 0 Å². The van der Waals surface area contributed by atoms with E-state index in [1.165, 1.54) is 51.4 Å². The van der Waals surface area contributed by atoms with Crippen molar-refractivity contribution in [1.82, 2.24) is 0 Å². The van der Waals surface area contributed by atoms with E-state index in [2.05, 4.69) is 6.92 Å². The van der Waals surface area contributed by atoms with Crippen LogP contribution in [0.5, 0.6) is 0 Å². The molecule has 0 saturated heterocycles. The van der Waals surface area contributed by atoms with Crippen LogP contribution in [0.1, 0.15) is 84.3 Å². The Bertz CT molecular complexity index is 521. The van der Waals surface area contributed by atoms with Crippen LogP contribution < -0.4 is 0 Å². The smallest absolute Gasteiger partial charge is 0.162 e. The van der Waals surface area contributed by atoms with Gasteiger partial charge in [0.15, 0.2) is 11.6 Å². The number of halogens is 2. The van der Waals surface area contributed by atoms with E-state index in [1.54, 1.807) is 19.1 Å². The van der Waals surface area contributed by atoms with Crippen LogP contribution in [-0.2, 0) is 6.42 Å². The van der Waals surface area contributed by atoms with Crippen molar-refractivity contribution in [2.24, 2.45) is 23.7 Å². The van der Waals surface area contributed by atoms with Gasteiger partial charge in [-0.15, -0.1) is 0 Å². The van der Waals surface area contributed by atoms with Gasteiger partial charge in [-0.05, 0) is 86.7 Å². The van der Waals surface area contributed by atoms with Crippen molar-refractivity contribution >= 4 is 0 Å². The summed E-state index contributed by atoms with van der Waals surface area (Å²) < 4.78 is 27.8. The van der Waals surface area contributed by atoms with Gasteiger partial charge in [0.25, 0.3) is 0 Å². The molecule has 0 amide bonds. The lowest BCUT2D eigenvalue weighted by atomic mass is 9.69. The summed E-state index contributed by atoms with van der Waals surface area (Å²) >= 11 is 0. The molecule has 0 radical (unpaired) electrons. The predicted octanol–water partition coefficient (Wildman–Crippen LogP) is 7.72. The van der Waals surface area contributed by atoms with Crippen LogP contribution in [-0.4, -0.2) is 0 Å². The summed E-state index contributed by atoms with van der Waals surface area (Å²) in [5.74, 6) is 1.99. The molecule has 2 saturated carbocycles. The Kier molecular flexibility index (Phi) is 8.57. The second-order valence-electron chi connectivity index (χ2n) is 8.17. The molecule has 2 fully saturated rings. The molecule has 2 aliphatic rings. The van der Waals surface area contributed by atoms with Gasteiger partial charge in [-0.25, -0.2) is 8.78 Å². The fourth-order valence-electron chi connectivity index (χ4n) is 4.78. The first-order valence-corrected chi connectivity index (χ1v) is 9.48. The van der Waals surface area contributed by atoms with Crippen LogP contribution in [0.3, 0.4) is 0 Å². The topological polar surface area (TPSA) is 0 Å². The van der Waals surface area contributed by atoms with Gasteiger partial charge in [0.2, 0.25) is 0 Å². The van der Waals surface area contributed by atoms with E-state index in [0.29, 0.717) is 23.5 Å². The van der Waals surface area contributed by atoms with Gasteiger partial charge >= 0.3 is 0 Å². The molecule has 0 heterocycles. The molecule has 1 aromatic carbocycles. The Balaban J connectivity index is 0.00000156. The summed E-state index contributed by atoms with van der Waals surface area (Å²) in [6, 6.07) is 3.49. The molecule has 0 N–H and O–H groups in total. The third-order valence-electron chi connectivity index (χ3n) is 6.48. The number of benzene rings is 1. The average molecular weight is 353 g/mol. The lowest BCUT2D eigenvalue weighted by Crippen LogP contribution is -2.26. The summed E-state index contributed by atoms with van der Waals surface area (Å²) in [4.78, 5) is 0. The first kappa shape index (κ1) is 22.1. The maximum atomic E-state index is 14.0. The van der Waals surface area contributed by atoms with Gasteiger partial charge in [0, 0.05) is 0 Å². The van der Waals surface area contributed by atoms with E-state index in [9.17, 15) is 8.78 Å². The first-order chi connectivity index (χ1) is 11.0. The van der Waals surface area contributed by atoms with E-state index < -0.39 is 11.6 Å². The summed E-state index contributed by atoms with van der Waals surface area (Å²) in [7, 11) is 0. The average Bonchev–Trinajstić information content (AvgIpc) is 2.57. The first-order valence-electron chi connectivity index (χ1n) is 9.48. The highest BCUT2D eigenvalue weighted by Gasteiger charge is 2.30. The van der Waals surface area contributed by atoms with Gasteiger partial charge in [-0.3, -0.25) is 0 Å². The molecular formula is C23H38F2. The largest absolute Gasteiger partial charge is 0.203 e. The zero-order valence-electron chi connectivity index (χ0n) is 14.6. The Morgan fingerprint density at radius 1 is 0.800 bits per heavy atom. The molecule has 0 spiro atoms. The Morgan fingerprint density at radius 3 is 1.88 bits per heavy atom. The molecule has 0 aromatic heterocycles. The minimum absolute atomic E-state index is 0. The van der Waals surface area contributed by atoms with Crippen molar-refractivity contribution in [1.29, 1.82) is 0 Å². The predicted molar refractivity (Wildman–Crippen MR) is 105 cm³/mol. The molecule has 2 aliphatic carbocycles. The minimum atomic E-state index is -0.660. The molecule has 144 valence electrons. The van der Waals surface area contributed by atoms with Gasteiger partial charge < -0.3 is 0 Å². The van der Waals surface area contributed by atoms with Gasteiger partial charge in [-0.2, -0.15) is 0 Å². The summed E-state index contributed by atoms with van der Waals surface area (Å²) in [5.41, 5.74) is 0.976. The normalized spacial score (nSPS) is 29.4. The fourth-order valence-corrected chi connectivity index (χ4v) is 4.78.